The van der Waals surface area contributed by atoms with E-state index in [9.17, 15) is 18.0 Å². The third-order valence-electron chi connectivity index (χ3n) is 1.69. The maximum absolute atomic E-state index is 11.9. The molecule has 0 bridgehead atoms. The lowest BCUT2D eigenvalue weighted by Gasteiger charge is -2.11. The quantitative estimate of drug-likeness (QED) is 0.774. The van der Waals surface area contributed by atoms with E-state index >= 15 is 0 Å². The molecule has 1 rings (SSSR count). The average molecular weight is 234 g/mol. The molecule has 0 saturated heterocycles. The van der Waals surface area contributed by atoms with Gasteiger partial charge >= 0.3 is 6.18 Å². The zero-order valence-electron chi connectivity index (χ0n) is 8.04. The highest BCUT2D eigenvalue weighted by molar-refractivity contribution is 5.93. The van der Waals surface area contributed by atoms with Gasteiger partial charge in [0.15, 0.2) is 6.61 Å². The minimum absolute atomic E-state index is 0.00856. The first-order valence-corrected chi connectivity index (χ1v) is 4.18. The van der Waals surface area contributed by atoms with E-state index in [1.807, 2.05) is 0 Å². The van der Waals surface area contributed by atoms with Crippen LogP contribution in [0.3, 0.4) is 0 Å². The zero-order chi connectivity index (χ0) is 12.3. The van der Waals surface area contributed by atoms with E-state index in [2.05, 4.69) is 4.74 Å². The minimum Gasteiger partial charge on any atom is -0.482 e. The van der Waals surface area contributed by atoms with Crippen molar-refractivity contribution in [3.05, 3.63) is 23.8 Å². The third-order valence-corrected chi connectivity index (χ3v) is 1.69. The van der Waals surface area contributed by atoms with Crippen molar-refractivity contribution in [3.8, 4) is 5.75 Å². The highest BCUT2D eigenvalue weighted by Gasteiger charge is 2.28. The predicted molar refractivity (Wildman–Crippen MR) is 50.9 cm³/mol. The van der Waals surface area contributed by atoms with E-state index in [0.717, 1.165) is 6.07 Å². The van der Waals surface area contributed by atoms with Crippen LogP contribution in [0.5, 0.6) is 5.75 Å². The van der Waals surface area contributed by atoms with Gasteiger partial charge in [0, 0.05) is 5.56 Å². The zero-order valence-corrected chi connectivity index (χ0v) is 8.04. The number of nitrogens with two attached hydrogens (primary N) is 2. The monoisotopic (exact) mass is 234 g/mol. The first-order valence-electron chi connectivity index (χ1n) is 4.18. The molecule has 4 N–H and O–H groups in total. The number of hydrogen-bond donors (Lipinski definition) is 2. The Kier molecular flexibility index (Phi) is 3.26. The number of hydrogen-bond acceptors (Lipinski definition) is 3. The molecule has 0 heterocycles. The molecule has 0 spiro atoms. The van der Waals surface area contributed by atoms with E-state index in [1.165, 1.54) is 12.1 Å². The molecule has 1 aromatic carbocycles. The standard InChI is InChI=1S/C9H9F3N2O2/c10-9(11,12)4-16-7-3-5(8(14)15)1-2-6(7)13/h1-3H,4,13H2,(H2,14,15). The highest BCUT2D eigenvalue weighted by atomic mass is 19.4. The summed E-state index contributed by atoms with van der Waals surface area (Å²) in [5.41, 5.74) is 10.4. The summed E-state index contributed by atoms with van der Waals surface area (Å²) < 4.78 is 40.1. The van der Waals surface area contributed by atoms with Gasteiger partial charge in [0.25, 0.3) is 0 Å². The summed E-state index contributed by atoms with van der Waals surface area (Å²) in [6, 6.07) is 3.63. The van der Waals surface area contributed by atoms with Gasteiger partial charge in [-0.05, 0) is 18.2 Å². The van der Waals surface area contributed by atoms with Gasteiger partial charge in [0.2, 0.25) is 5.91 Å². The van der Waals surface area contributed by atoms with Crippen LogP contribution >= 0.6 is 0 Å². The van der Waals surface area contributed by atoms with Gasteiger partial charge in [-0.1, -0.05) is 0 Å². The Morgan fingerprint density at radius 3 is 2.50 bits per heavy atom. The molecule has 0 atom stereocenters. The fourth-order valence-electron chi connectivity index (χ4n) is 0.972. The Morgan fingerprint density at radius 1 is 1.38 bits per heavy atom. The predicted octanol–water partition coefficient (Wildman–Crippen LogP) is 1.31. The molecular weight excluding hydrogens is 225 g/mol. The number of halogens is 3. The van der Waals surface area contributed by atoms with Crippen LogP contribution < -0.4 is 16.2 Å². The summed E-state index contributed by atoms with van der Waals surface area (Å²) in [7, 11) is 0. The van der Waals surface area contributed by atoms with Crippen molar-refractivity contribution in [2.45, 2.75) is 6.18 Å². The Hall–Kier alpha value is -1.92. The Labute approximate surface area is 89.0 Å². The molecule has 7 heteroatoms. The Morgan fingerprint density at radius 2 is 2.00 bits per heavy atom. The van der Waals surface area contributed by atoms with Gasteiger partial charge in [0.1, 0.15) is 5.75 Å². The molecule has 0 aliphatic rings. The molecule has 0 saturated carbocycles. The largest absolute Gasteiger partial charge is 0.482 e. The van der Waals surface area contributed by atoms with Crippen molar-refractivity contribution >= 4 is 11.6 Å². The summed E-state index contributed by atoms with van der Waals surface area (Å²) in [5, 5.41) is 0. The number of primary amides is 1. The van der Waals surface area contributed by atoms with Crippen molar-refractivity contribution in [2.75, 3.05) is 12.3 Å². The van der Waals surface area contributed by atoms with Crippen LogP contribution in [0.25, 0.3) is 0 Å². The Bertz CT molecular complexity index is 404. The van der Waals surface area contributed by atoms with Gasteiger partial charge in [-0.3, -0.25) is 4.79 Å². The van der Waals surface area contributed by atoms with Crippen molar-refractivity contribution in [1.29, 1.82) is 0 Å². The number of carbonyl (C=O) groups excluding carboxylic acids is 1. The summed E-state index contributed by atoms with van der Waals surface area (Å²) in [6.45, 7) is -1.47. The molecule has 0 aliphatic heterocycles. The molecule has 88 valence electrons. The van der Waals surface area contributed by atoms with Crippen LogP contribution in [0.1, 0.15) is 10.4 Å². The van der Waals surface area contributed by atoms with Gasteiger partial charge in [0.05, 0.1) is 5.69 Å². The molecule has 0 aromatic heterocycles. The second-order valence-electron chi connectivity index (χ2n) is 3.02. The number of alkyl halides is 3. The number of benzene rings is 1. The van der Waals surface area contributed by atoms with E-state index in [4.69, 9.17) is 11.5 Å². The normalized spacial score (nSPS) is 11.2. The lowest BCUT2D eigenvalue weighted by Crippen LogP contribution is -2.20. The number of ether oxygens (including phenoxy) is 1. The van der Waals surface area contributed by atoms with E-state index < -0.39 is 18.7 Å². The van der Waals surface area contributed by atoms with Crippen LogP contribution in [0, 0.1) is 0 Å². The molecule has 0 unspecified atom stereocenters. The van der Waals surface area contributed by atoms with Crippen LogP contribution in [0.4, 0.5) is 18.9 Å². The topological polar surface area (TPSA) is 78.3 Å². The minimum atomic E-state index is -4.46. The summed E-state index contributed by atoms with van der Waals surface area (Å²) >= 11 is 0. The first kappa shape index (κ1) is 12.2. The van der Waals surface area contributed by atoms with E-state index in [1.54, 1.807) is 0 Å². The van der Waals surface area contributed by atoms with Crippen LogP contribution in [-0.4, -0.2) is 18.7 Å². The number of nitrogen functional groups attached to an aromatic ring is 1. The lowest BCUT2D eigenvalue weighted by atomic mass is 10.2. The molecule has 16 heavy (non-hydrogen) atoms. The maximum Gasteiger partial charge on any atom is 0.422 e. The molecule has 0 radical (unpaired) electrons. The number of carbonyl (C=O) groups is 1. The van der Waals surface area contributed by atoms with Crippen molar-refractivity contribution in [2.24, 2.45) is 5.73 Å². The molecular formula is C9H9F3N2O2. The lowest BCUT2D eigenvalue weighted by molar-refractivity contribution is -0.153. The van der Waals surface area contributed by atoms with Crippen molar-refractivity contribution < 1.29 is 22.7 Å². The number of rotatable bonds is 3. The van der Waals surface area contributed by atoms with Crippen molar-refractivity contribution in [1.82, 2.24) is 0 Å². The summed E-state index contributed by atoms with van der Waals surface area (Å²) in [6.07, 6.45) is -4.46. The fourth-order valence-corrected chi connectivity index (χ4v) is 0.972. The third kappa shape index (κ3) is 3.34. The van der Waals surface area contributed by atoms with Crippen molar-refractivity contribution in [3.63, 3.8) is 0 Å². The van der Waals surface area contributed by atoms with Crippen LogP contribution in [-0.2, 0) is 0 Å². The van der Waals surface area contributed by atoms with Crippen LogP contribution in [0.2, 0.25) is 0 Å². The molecule has 0 aliphatic carbocycles. The SMILES string of the molecule is NC(=O)c1ccc(N)c(OCC(F)(F)F)c1. The second kappa shape index (κ2) is 4.30. The second-order valence-corrected chi connectivity index (χ2v) is 3.02. The fraction of sp³-hybridized carbons (Fsp3) is 0.222. The average Bonchev–Trinajstić information content (AvgIpc) is 2.14. The Balaban J connectivity index is 2.86. The molecule has 4 nitrogen and oxygen atoms in total. The number of anilines is 1. The van der Waals surface area contributed by atoms with Crippen LogP contribution in [0.15, 0.2) is 18.2 Å². The summed E-state index contributed by atoms with van der Waals surface area (Å²) in [5.74, 6) is -0.981. The maximum atomic E-state index is 11.9. The first-order chi connectivity index (χ1) is 7.29. The van der Waals surface area contributed by atoms with Gasteiger partial charge < -0.3 is 16.2 Å². The molecule has 1 aromatic rings. The van der Waals surface area contributed by atoms with Gasteiger partial charge in [-0.15, -0.1) is 0 Å². The smallest absolute Gasteiger partial charge is 0.422 e. The van der Waals surface area contributed by atoms with E-state index in [-0.39, 0.29) is 17.0 Å². The highest BCUT2D eigenvalue weighted by Crippen LogP contribution is 2.25. The molecule has 0 fully saturated rings. The van der Waals surface area contributed by atoms with E-state index in [0.29, 0.717) is 0 Å². The summed E-state index contributed by atoms with van der Waals surface area (Å²) in [4.78, 5) is 10.8. The molecule has 1 amide bonds. The number of amides is 1. The van der Waals surface area contributed by atoms with Gasteiger partial charge in [-0.25, -0.2) is 0 Å². The van der Waals surface area contributed by atoms with Gasteiger partial charge in [-0.2, -0.15) is 13.2 Å².